The number of amides is 2. The highest BCUT2D eigenvalue weighted by Gasteiger charge is 2.41. The van der Waals surface area contributed by atoms with Crippen molar-refractivity contribution in [3.8, 4) is 17.2 Å². The summed E-state index contributed by atoms with van der Waals surface area (Å²) in [6.45, 7) is 5.37. The Hall–Kier alpha value is -3.22. The first kappa shape index (κ1) is 23.4. The standard InChI is InChI=1S/C25H32N2O5/c1-6-11-26-24(28)20-15-27(25(29)17-9-7-16(2)8-10-17)14-19(20)18-12-21(30-3)23(32-5)22(13-18)31-4/h7-10,12-13,19-20H,6,11,14-15H2,1-5H3,(H,26,28)/t19-,20+/m1/s1. The predicted molar refractivity (Wildman–Crippen MR) is 123 cm³/mol. The van der Waals surface area contributed by atoms with Gasteiger partial charge in [-0.05, 0) is 43.2 Å². The molecular weight excluding hydrogens is 408 g/mol. The van der Waals surface area contributed by atoms with Crippen LogP contribution in [0.4, 0.5) is 0 Å². The fourth-order valence-electron chi connectivity index (χ4n) is 4.15. The van der Waals surface area contributed by atoms with Gasteiger partial charge in [0.05, 0.1) is 27.2 Å². The molecular formula is C25H32N2O5. The molecule has 0 saturated carbocycles. The minimum absolute atomic E-state index is 0.0511. The van der Waals surface area contributed by atoms with Crippen molar-refractivity contribution < 1.29 is 23.8 Å². The number of carbonyl (C=O) groups excluding carboxylic acids is 2. The van der Waals surface area contributed by atoms with Crippen molar-refractivity contribution in [2.75, 3.05) is 41.0 Å². The maximum absolute atomic E-state index is 13.2. The van der Waals surface area contributed by atoms with Crippen LogP contribution in [0, 0.1) is 12.8 Å². The molecule has 1 aliphatic rings. The maximum atomic E-state index is 13.2. The molecule has 1 saturated heterocycles. The largest absolute Gasteiger partial charge is 0.493 e. The Morgan fingerprint density at radius 3 is 2.16 bits per heavy atom. The van der Waals surface area contributed by atoms with Crippen LogP contribution in [0.3, 0.4) is 0 Å². The lowest BCUT2D eigenvalue weighted by molar-refractivity contribution is -0.124. The molecule has 7 nitrogen and oxygen atoms in total. The van der Waals surface area contributed by atoms with Gasteiger partial charge in [-0.3, -0.25) is 9.59 Å². The minimum Gasteiger partial charge on any atom is -0.493 e. The number of carbonyl (C=O) groups is 2. The molecule has 32 heavy (non-hydrogen) atoms. The van der Waals surface area contributed by atoms with Crippen LogP contribution in [0.25, 0.3) is 0 Å². The molecule has 1 aliphatic heterocycles. The fourth-order valence-corrected chi connectivity index (χ4v) is 4.15. The molecule has 2 aromatic rings. The average Bonchev–Trinajstić information content (AvgIpc) is 3.27. The summed E-state index contributed by atoms with van der Waals surface area (Å²) in [6.07, 6.45) is 0.847. The van der Waals surface area contributed by atoms with E-state index in [1.165, 1.54) is 0 Å². The van der Waals surface area contributed by atoms with E-state index in [0.29, 0.717) is 42.4 Å². The molecule has 0 aliphatic carbocycles. The van der Waals surface area contributed by atoms with Crippen molar-refractivity contribution in [3.05, 3.63) is 53.1 Å². The number of nitrogens with zero attached hydrogens (tertiary/aromatic N) is 1. The van der Waals surface area contributed by atoms with E-state index in [1.54, 1.807) is 26.2 Å². The molecule has 2 amide bonds. The molecule has 172 valence electrons. The topological polar surface area (TPSA) is 77.1 Å². The van der Waals surface area contributed by atoms with Crippen LogP contribution in [-0.4, -0.2) is 57.7 Å². The van der Waals surface area contributed by atoms with E-state index in [9.17, 15) is 9.59 Å². The van der Waals surface area contributed by atoms with E-state index in [1.807, 2.05) is 50.2 Å². The zero-order valence-corrected chi connectivity index (χ0v) is 19.4. The molecule has 3 rings (SSSR count). The highest BCUT2D eigenvalue weighted by Crippen LogP contribution is 2.43. The van der Waals surface area contributed by atoms with Crippen LogP contribution in [0.15, 0.2) is 36.4 Å². The molecule has 0 unspecified atom stereocenters. The van der Waals surface area contributed by atoms with Gasteiger partial charge in [0, 0.05) is 31.1 Å². The Kier molecular flexibility index (Phi) is 7.62. The van der Waals surface area contributed by atoms with Crippen molar-refractivity contribution in [1.29, 1.82) is 0 Å². The SMILES string of the molecule is CCCNC(=O)[C@H]1CN(C(=O)c2ccc(C)cc2)C[C@@H]1c1cc(OC)c(OC)c(OC)c1. The number of aryl methyl sites for hydroxylation is 1. The first-order chi connectivity index (χ1) is 15.4. The molecule has 1 fully saturated rings. The third-order valence-electron chi connectivity index (χ3n) is 5.91. The Morgan fingerprint density at radius 1 is 1.00 bits per heavy atom. The van der Waals surface area contributed by atoms with Gasteiger partial charge in [-0.15, -0.1) is 0 Å². The minimum atomic E-state index is -0.376. The van der Waals surface area contributed by atoms with Crippen LogP contribution in [0.1, 0.15) is 40.7 Å². The third-order valence-corrected chi connectivity index (χ3v) is 5.91. The average molecular weight is 441 g/mol. The number of ether oxygens (including phenoxy) is 3. The summed E-state index contributed by atoms with van der Waals surface area (Å²) in [6, 6.07) is 11.2. The molecule has 1 N–H and O–H groups in total. The zero-order chi connectivity index (χ0) is 23.3. The Bertz CT molecular complexity index is 932. The smallest absolute Gasteiger partial charge is 0.253 e. The first-order valence-corrected chi connectivity index (χ1v) is 10.9. The van der Waals surface area contributed by atoms with Crippen LogP contribution in [0.5, 0.6) is 17.2 Å². The second-order valence-corrected chi connectivity index (χ2v) is 8.04. The molecule has 0 bridgehead atoms. The van der Waals surface area contributed by atoms with Gasteiger partial charge < -0.3 is 24.4 Å². The predicted octanol–water partition coefficient (Wildman–Crippen LogP) is 3.40. The van der Waals surface area contributed by atoms with Gasteiger partial charge in [0.25, 0.3) is 5.91 Å². The Labute approximate surface area is 189 Å². The Morgan fingerprint density at radius 2 is 1.62 bits per heavy atom. The summed E-state index contributed by atoms with van der Waals surface area (Å²) in [5.41, 5.74) is 2.58. The van der Waals surface area contributed by atoms with Gasteiger partial charge in [-0.1, -0.05) is 24.6 Å². The van der Waals surface area contributed by atoms with Gasteiger partial charge in [0.15, 0.2) is 11.5 Å². The monoisotopic (exact) mass is 440 g/mol. The number of benzene rings is 2. The maximum Gasteiger partial charge on any atom is 0.253 e. The summed E-state index contributed by atoms with van der Waals surface area (Å²) < 4.78 is 16.5. The van der Waals surface area contributed by atoms with Crippen molar-refractivity contribution in [2.45, 2.75) is 26.2 Å². The second-order valence-electron chi connectivity index (χ2n) is 8.04. The van der Waals surface area contributed by atoms with E-state index >= 15 is 0 Å². The van der Waals surface area contributed by atoms with E-state index in [-0.39, 0.29) is 23.7 Å². The zero-order valence-electron chi connectivity index (χ0n) is 19.4. The number of hydrogen-bond acceptors (Lipinski definition) is 5. The van der Waals surface area contributed by atoms with Gasteiger partial charge >= 0.3 is 0 Å². The second kappa shape index (κ2) is 10.4. The fraction of sp³-hybridized carbons (Fsp3) is 0.440. The number of rotatable bonds is 8. The molecule has 0 spiro atoms. The van der Waals surface area contributed by atoms with Gasteiger partial charge in [-0.2, -0.15) is 0 Å². The normalized spacial score (nSPS) is 17.7. The molecule has 0 aromatic heterocycles. The molecule has 7 heteroatoms. The van der Waals surface area contributed by atoms with Crippen LogP contribution in [-0.2, 0) is 4.79 Å². The van der Waals surface area contributed by atoms with Gasteiger partial charge in [0.2, 0.25) is 11.7 Å². The van der Waals surface area contributed by atoms with E-state index < -0.39 is 0 Å². The lowest BCUT2D eigenvalue weighted by Gasteiger charge is -2.21. The van der Waals surface area contributed by atoms with Gasteiger partial charge in [-0.25, -0.2) is 0 Å². The molecule has 0 radical (unpaired) electrons. The quantitative estimate of drug-likeness (QED) is 0.681. The Balaban J connectivity index is 1.96. The lowest BCUT2D eigenvalue weighted by Crippen LogP contribution is -2.36. The van der Waals surface area contributed by atoms with Crippen molar-refractivity contribution in [3.63, 3.8) is 0 Å². The summed E-state index contributed by atoms with van der Waals surface area (Å²) >= 11 is 0. The third kappa shape index (κ3) is 4.82. The number of hydrogen-bond donors (Lipinski definition) is 1. The van der Waals surface area contributed by atoms with Crippen LogP contribution in [0.2, 0.25) is 0 Å². The summed E-state index contributed by atoms with van der Waals surface area (Å²) in [5.74, 6) is 0.846. The summed E-state index contributed by atoms with van der Waals surface area (Å²) in [5, 5.41) is 3.00. The van der Waals surface area contributed by atoms with Gasteiger partial charge in [0.1, 0.15) is 0 Å². The summed E-state index contributed by atoms with van der Waals surface area (Å²) in [4.78, 5) is 28.0. The van der Waals surface area contributed by atoms with Crippen molar-refractivity contribution >= 4 is 11.8 Å². The number of methoxy groups -OCH3 is 3. The number of likely N-dealkylation sites (tertiary alicyclic amines) is 1. The van der Waals surface area contributed by atoms with Crippen LogP contribution >= 0.6 is 0 Å². The van der Waals surface area contributed by atoms with E-state index in [0.717, 1.165) is 17.5 Å². The van der Waals surface area contributed by atoms with Crippen molar-refractivity contribution in [1.82, 2.24) is 10.2 Å². The van der Waals surface area contributed by atoms with Crippen molar-refractivity contribution in [2.24, 2.45) is 5.92 Å². The lowest BCUT2D eigenvalue weighted by atomic mass is 9.88. The van der Waals surface area contributed by atoms with E-state index in [4.69, 9.17) is 14.2 Å². The van der Waals surface area contributed by atoms with Crippen LogP contribution < -0.4 is 19.5 Å². The first-order valence-electron chi connectivity index (χ1n) is 10.9. The molecule has 2 aromatic carbocycles. The molecule has 1 heterocycles. The molecule has 2 atom stereocenters. The van der Waals surface area contributed by atoms with E-state index in [2.05, 4.69) is 5.32 Å². The highest BCUT2D eigenvalue weighted by molar-refractivity contribution is 5.95. The highest BCUT2D eigenvalue weighted by atomic mass is 16.5. The summed E-state index contributed by atoms with van der Waals surface area (Å²) in [7, 11) is 4.68. The number of nitrogens with one attached hydrogen (secondary N) is 1.